The minimum atomic E-state index is -0.841. The number of rotatable bonds is 7. The lowest BCUT2D eigenvalue weighted by molar-refractivity contribution is -0.141. The fourth-order valence-corrected chi connectivity index (χ4v) is 3.19. The molecule has 0 saturated carbocycles. The molecule has 0 bridgehead atoms. The van der Waals surface area contributed by atoms with E-state index in [2.05, 4.69) is 0 Å². The molecule has 0 unspecified atom stereocenters. The van der Waals surface area contributed by atoms with Crippen LogP contribution in [-0.4, -0.2) is 55.8 Å². The number of carbonyl (C=O) groups excluding carboxylic acids is 1. The highest BCUT2D eigenvalue weighted by molar-refractivity contribution is 5.88. The SMILES string of the molecule is COc1ccc(C2(C(=O)N(C)CCCC(=O)O)CCOCC2)cc1. The fraction of sp³-hybridized carbons (Fsp3) is 0.556. The fourth-order valence-electron chi connectivity index (χ4n) is 3.19. The minimum Gasteiger partial charge on any atom is -0.497 e. The van der Waals surface area contributed by atoms with Crippen LogP contribution in [0.15, 0.2) is 24.3 Å². The summed E-state index contributed by atoms with van der Waals surface area (Å²) in [7, 11) is 3.35. The van der Waals surface area contributed by atoms with E-state index in [1.165, 1.54) is 0 Å². The first-order valence-corrected chi connectivity index (χ1v) is 8.19. The Hall–Kier alpha value is -2.08. The molecule has 2 rings (SSSR count). The van der Waals surface area contributed by atoms with Gasteiger partial charge in [-0.2, -0.15) is 0 Å². The van der Waals surface area contributed by atoms with E-state index in [1.54, 1.807) is 19.1 Å². The van der Waals surface area contributed by atoms with Crippen LogP contribution in [0.2, 0.25) is 0 Å². The van der Waals surface area contributed by atoms with Gasteiger partial charge in [0.25, 0.3) is 0 Å². The van der Waals surface area contributed by atoms with Crippen LogP contribution >= 0.6 is 0 Å². The third-order valence-electron chi connectivity index (χ3n) is 4.63. The van der Waals surface area contributed by atoms with Crippen molar-refractivity contribution in [2.24, 2.45) is 0 Å². The summed E-state index contributed by atoms with van der Waals surface area (Å²) in [5, 5.41) is 8.76. The number of hydrogen-bond acceptors (Lipinski definition) is 4. The number of likely N-dealkylation sites (N-methyl/N-ethyl adjacent to an activating group) is 1. The Labute approximate surface area is 142 Å². The van der Waals surface area contributed by atoms with Crippen molar-refractivity contribution < 1.29 is 24.2 Å². The Morgan fingerprint density at radius 1 is 1.25 bits per heavy atom. The molecule has 0 aliphatic carbocycles. The molecule has 1 N–H and O–H groups in total. The van der Waals surface area contributed by atoms with Gasteiger partial charge in [0.1, 0.15) is 5.75 Å². The van der Waals surface area contributed by atoms with Gasteiger partial charge in [-0.25, -0.2) is 0 Å². The highest BCUT2D eigenvalue weighted by Crippen LogP contribution is 2.37. The molecule has 1 aliphatic rings. The molecular formula is C18H25NO5. The smallest absolute Gasteiger partial charge is 0.303 e. The molecule has 1 fully saturated rings. The normalized spacial score (nSPS) is 16.4. The third kappa shape index (κ3) is 4.06. The van der Waals surface area contributed by atoms with E-state index in [0.717, 1.165) is 11.3 Å². The molecule has 1 aliphatic heterocycles. The number of benzene rings is 1. The summed E-state index contributed by atoms with van der Waals surface area (Å²) in [5.41, 5.74) is 0.351. The van der Waals surface area contributed by atoms with Crippen LogP contribution in [-0.2, 0) is 19.7 Å². The van der Waals surface area contributed by atoms with Crippen LogP contribution < -0.4 is 4.74 Å². The molecule has 1 aromatic rings. The maximum atomic E-state index is 13.1. The van der Waals surface area contributed by atoms with Crippen molar-refractivity contribution >= 4 is 11.9 Å². The van der Waals surface area contributed by atoms with Gasteiger partial charge in [0.05, 0.1) is 12.5 Å². The van der Waals surface area contributed by atoms with Gasteiger partial charge >= 0.3 is 5.97 Å². The van der Waals surface area contributed by atoms with Crippen LogP contribution in [0.1, 0.15) is 31.2 Å². The second-order valence-corrected chi connectivity index (χ2v) is 6.15. The van der Waals surface area contributed by atoms with Gasteiger partial charge in [0.2, 0.25) is 5.91 Å². The van der Waals surface area contributed by atoms with Crippen LogP contribution in [0.4, 0.5) is 0 Å². The number of carboxylic acids is 1. The maximum Gasteiger partial charge on any atom is 0.303 e. The van der Waals surface area contributed by atoms with E-state index in [-0.39, 0.29) is 12.3 Å². The topological polar surface area (TPSA) is 76.1 Å². The minimum absolute atomic E-state index is 0.0290. The van der Waals surface area contributed by atoms with E-state index in [0.29, 0.717) is 39.0 Å². The maximum absolute atomic E-state index is 13.1. The Balaban J connectivity index is 2.19. The highest BCUT2D eigenvalue weighted by atomic mass is 16.5. The lowest BCUT2D eigenvalue weighted by atomic mass is 9.73. The van der Waals surface area contributed by atoms with Gasteiger partial charge in [-0.1, -0.05) is 12.1 Å². The van der Waals surface area contributed by atoms with Crippen molar-refractivity contribution in [2.75, 3.05) is 33.9 Å². The zero-order valence-electron chi connectivity index (χ0n) is 14.3. The molecule has 0 aromatic heterocycles. The number of nitrogens with zero attached hydrogens (tertiary/aromatic N) is 1. The molecule has 1 saturated heterocycles. The number of methoxy groups -OCH3 is 1. The van der Waals surface area contributed by atoms with Crippen molar-refractivity contribution in [2.45, 2.75) is 31.1 Å². The van der Waals surface area contributed by atoms with Crippen molar-refractivity contribution in [3.05, 3.63) is 29.8 Å². The Kier molecular flexibility index (Phi) is 6.20. The van der Waals surface area contributed by atoms with E-state index >= 15 is 0 Å². The quantitative estimate of drug-likeness (QED) is 0.825. The van der Waals surface area contributed by atoms with Gasteiger partial charge < -0.3 is 19.5 Å². The zero-order chi connectivity index (χ0) is 17.6. The average molecular weight is 335 g/mol. The Morgan fingerprint density at radius 2 is 1.88 bits per heavy atom. The number of ether oxygens (including phenoxy) is 2. The number of amides is 1. The van der Waals surface area contributed by atoms with Crippen LogP contribution in [0.25, 0.3) is 0 Å². The number of aliphatic carboxylic acids is 1. The highest BCUT2D eigenvalue weighted by Gasteiger charge is 2.43. The molecule has 6 heteroatoms. The van der Waals surface area contributed by atoms with Crippen molar-refractivity contribution in [1.29, 1.82) is 0 Å². The number of carbonyl (C=O) groups is 2. The molecule has 132 valence electrons. The molecular weight excluding hydrogens is 310 g/mol. The van der Waals surface area contributed by atoms with Gasteiger partial charge in [-0.3, -0.25) is 9.59 Å². The Bertz CT molecular complexity index is 563. The first-order valence-electron chi connectivity index (χ1n) is 8.19. The van der Waals surface area contributed by atoms with Crippen LogP contribution in [0.5, 0.6) is 5.75 Å². The molecule has 0 radical (unpaired) electrons. The summed E-state index contributed by atoms with van der Waals surface area (Å²) in [4.78, 5) is 25.5. The molecule has 24 heavy (non-hydrogen) atoms. The monoisotopic (exact) mass is 335 g/mol. The first-order chi connectivity index (χ1) is 11.5. The van der Waals surface area contributed by atoms with Crippen molar-refractivity contribution in [1.82, 2.24) is 4.90 Å². The molecule has 1 amide bonds. The molecule has 0 atom stereocenters. The number of carboxylic acid groups (broad SMARTS) is 1. The summed E-state index contributed by atoms with van der Waals surface area (Å²) in [6.45, 7) is 1.52. The van der Waals surface area contributed by atoms with E-state index < -0.39 is 11.4 Å². The Morgan fingerprint density at radius 3 is 2.42 bits per heavy atom. The number of hydrogen-bond donors (Lipinski definition) is 1. The summed E-state index contributed by atoms with van der Waals surface area (Å²) in [6, 6.07) is 7.61. The van der Waals surface area contributed by atoms with Crippen LogP contribution in [0, 0.1) is 0 Å². The molecule has 1 aromatic carbocycles. The summed E-state index contributed by atoms with van der Waals surface area (Å²) in [5.74, 6) is -0.0589. The third-order valence-corrected chi connectivity index (χ3v) is 4.63. The van der Waals surface area contributed by atoms with Crippen LogP contribution in [0.3, 0.4) is 0 Å². The second-order valence-electron chi connectivity index (χ2n) is 6.15. The molecule has 1 heterocycles. The second kappa shape index (κ2) is 8.15. The summed E-state index contributed by atoms with van der Waals surface area (Å²) in [6.07, 6.45) is 1.77. The molecule has 0 spiro atoms. The molecule has 6 nitrogen and oxygen atoms in total. The standard InChI is InChI=1S/C18H25NO5/c1-19(11-3-4-16(20)21)17(22)18(9-12-24-13-10-18)14-5-7-15(23-2)8-6-14/h5-8H,3-4,9-13H2,1-2H3,(H,20,21). The van der Waals surface area contributed by atoms with E-state index in [9.17, 15) is 9.59 Å². The predicted molar refractivity (Wildman–Crippen MR) is 89.2 cm³/mol. The van der Waals surface area contributed by atoms with Gasteiger partial charge in [-0.15, -0.1) is 0 Å². The predicted octanol–water partition coefficient (Wildman–Crippen LogP) is 2.07. The van der Waals surface area contributed by atoms with Gasteiger partial charge in [-0.05, 0) is 37.0 Å². The lowest BCUT2D eigenvalue weighted by Crippen LogP contribution is -2.49. The van der Waals surface area contributed by atoms with E-state index in [4.69, 9.17) is 14.6 Å². The lowest BCUT2D eigenvalue weighted by Gasteiger charge is -2.39. The summed E-state index contributed by atoms with van der Waals surface area (Å²) < 4.78 is 10.7. The van der Waals surface area contributed by atoms with Crippen molar-refractivity contribution in [3.8, 4) is 5.75 Å². The van der Waals surface area contributed by atoms with Gasteiger partial charge in [0.15, 0.2) is 0 Å². The first kappa shape index (κ1) is 18.3. The summed E-state index contributed by atoms with van der Waals surface area (Å²) >= 11 is 0. The van der Waals surface area contributed by atoms with Crippen molar-refractivity contribution in [3.63, 3.8) is 0 Å². The average Bonchev–Trinajstić information content (AvgIpc) is 2.61. The largest absolute Gasteiger partial charge is 0.497 e. The zero-order valence-corrected chi connectivity index (χ0v) is 14.3. The van der Waals surface area contributed by atoms with E-state index in [1.807, 2.05) is 24.3 Å². The van der Waals surface area contributed by atoms with Gasteiger partial charge in [0, 0.05) is 33.2 Å².